The molecule has 0 radical (unpaired) electrons. The fraction of sp³-hybridized carbons (Fsp3) is 0.473. The van der Waals surface area contributed by atoms with Crippen LogP contribution in [0, 0.1) is 0 Å². The summed E-state index contributed by atoms with van der Waals surface area (Å²) in [7, 11) is 0. The third kappa shape index (κ3) is 46.0. The first kappa shape index (κ1) is 56.0. The number of carbonyl (C=O) groups is 3. The van der Waals surface area contributed by atoms with Crippen molar-refractivity contribution >= 4 is 17.9 Å². The normalized spacial score (nSPS) is 13.6. The van der Waals surface area contributed by atoms with E-state index in [2.05, 4.69) is 154 Å². The molecule has 0 aliphatic rings. The molecule has 0 aromatic rings. The summed E-state index contributed by atoms with van der Waals surface area (Å²) in [5.74, 6) is -1.28. The highest BCUT2D eigenvalue weighted by Gasteiger charge is 2.19. The van der Waals surface area contributed by atoms with Gasteiger partial charge in [-0.3, -0.25) is 14.4 Å². The van der Waals surface area contributed by atoms with Crippen LogP contribution < -0.4 is 0 Å². The van der Waals surface area contributed by atoms with Gasteiger partial charge in [0.1, 0.15) is 13.2 Å². The van der Waals surface area contributed by atoms with Crippen molar-refractivity contribution in [1.29, 1.82) is 0 Å². The smallest absolute Gasteiger partial charge is 0.310 e. The molecule has 0 saturated heterocycles. The molecule has 336 valence electrons. The maximum absolute atomic E-state index is 12.7. The number of unbranched alkanes of at least 4 members (excludes halogenated alkanes) is 3. The monoisotopic (exact) mass is 837 g/mol. The Balaban J connectivity index is 4.74. The number of hydrogen-bond donors (Lipinski definition) is 0. The van der Waals surface area contributed by atoms with Crippen LogP contribution in [-0.4, -0.2) is 37.2 Å². The van der Waals surface area contributed by atoms with Crippen molar-refractivity contribution in [2.45, 2.75) is 155 Å². The molecule has 1 unspecified atom stereocenters. The van der Waals surface area contributed by atoms with E-state index in [1.807, 2.05) is 12.2 Å². The minimum atomic E-state index is -0.890. The lowest BCUT2D eigenvalue weighted by atomic mass is 10.1. The van der Waals surface area contributed by atoms with Crippen molar-refractivity contribution in [3.8, 4) is 0 Å². The molecule has 1 atom stereocenters. The van der Waals surface area contributed by atoms with Crippen molar-refractivity contribution in [1.82, 2.24) is 0 Å². The Morgan fingerprint density at radius 2 is 0.656 bits per heavy atom. The van der Waals surface area contributed by atoms with Gasteiger partial charge in [0.15, 0.2) is 6.10 Å². The number of hydrogen-bond acceptors (Lipinski definition) is 6. The van der Waals surface area contributed by atoms with Crippen molar-refractivity contribution in [2.24, 2.45) is 0 Å². The van der Waals surface area contributed by atoms with Crippen LogP contribution in [0.4, 0.5) is 0 Å². The van der Waals surface area contributed by atoms with E-state index < -0.39 is 18.0 Å². The van der Waals surface area contributed by atoms with E-state index in [0.717, 1.165) is 89.9 Å². The quantitative estimate of drug-likeness (QED) is 0.0267. The molecular formula is C55H80O6. The van der Waals surface area contributed by atoms with Gasteiger partial charge in [-0.05, 0) is 103 Å². The molecule has 6 heteroatoms. The Labute approximate surface area is 371 Å². The summed E-state index contributed by atoms with van der Waals surface area (Å²) in [6.07, 6.45) is 69.9. The first-order valence-electron chi connectivity index (χ1n) is 23.0. The highest BCUT2D eigenvalue weighted by atomic mass is 16.6. The van der Waals surface area contributed by atoms with Gasteiger partial charge in [0.05, 0.1) is 12.8 Å². The van der Waals surface area contributed by atoms with Crippen LogP contribution in [0.1, 0.15) is 149 Å². The highest BCUT2D eigenvalue weighted by molar-refractivity contribution is 5.72. The van der Waals surface area contributed by atoms with Crippen molar-refractivity contribution in [2.75, 3.05) is 13.2 Å². The number of allylic oxidation sites excluding steroid dienone is 24. The second-order valence-corrected chi connectivity index (χ2v) is 14.2. The maximum atomic E-state index is 12.7. The molecule has 0 spiro atoms. The third-order valence-electron chi connectivity index (χ3n) is 8.57. The van der Waals surface area contributed by atoms with Gasteiger partial charge in [-0.15, -0.1) is 0 Å². The Morgan fingerprint density at radius 1 is 0.344 bits per heavy atom. The number of carbonyl (C=O) groups excluding carboxylic acids is 3. The summed E-state index contributed by atoms with van der Waals surface area (Å²) < 4.78 is 16.5. The Bertz CT molecular complexity index is 1470. The molecule has 0 fully saturated rings. The van der Waals surface area contributed by atoms with Crippen LogP contribution in [0.2, 0.25) is 0 Å². The van der Waals surface area contributed by atoms with Crippen LogP contribution in [-0.2, 0) is 28.6 Å². The standard InChI is InChI=1S/C55H80O6/c1-4-7-10-13-16-19-22-25-27-30-33-36-39-42-45-48-54(57)60-51-52(50-59-53(56)47-44-41-38-35-32-29-24-21-18-15-12-9-6-3)61-55(58)49-46-43-40-37-34-31-28-26-23-20-17-14-11-8-5-2/h7-12,16-21,25-29,32-34,36-37,42-43,45-46,52H,4-6,13-15,22-24,30-31,35,38-41,44,47-51H2,1-3H3/b10-7-,11-8-,12-9-,19-16-,20-17-,21-18-,27-25-,28-26-,32-29-,36-33-,37-34-,45-42-,46-43-. The summed E-state index contributed by atoms with van der Waals surface area (Å²) in [5, 5.41) is 0. The van der Waals surface area contributed by atoms with Gasteiger partial charge in [-0.2, -0.15) is 0 Å². The predicted molar refractivity (Wildman–Crippen MR) is 260 cm³/mol. The average Bonchev–Trinajstić information content (AvgIpc) is 3.26. The van der Waals surface area contributed by atoms with Gasteiger partial charge in [0.25, 0.3) is 0 Å². The minimum Gasteiger partial charge on any atom is -0.462 e. The predicted octanol–water partition coefficient (Wildman–Crippen LogP) is 15.1. The lowest BCUT2D eigenvalue weighted by molar-refractivity contribution is -0.166. The first-order chi connectivity index (χ1) is 30.0. The fourth-order valence-corrected chi connectivity index (χ4v) is 5.25. The fourth-order valence-electron chi connectivity index (χ4n) is 5.25. The summed E-state index contributed by atoms with van der Waals surface area (Å²) >= 11 is 0. The van der Waals surface area contributed by atoms with E-state index in [1.54, 1.807) is 12.2 Å². The van der Waals surface area contributed by atoms with E-state index >= 15 is 0 Å². The first-order valence-corrected chi connectivity index (χ1v) is 23.0. The molecule has 6 nitrogen and oxygen atoms in total. The number of rotatable bonds is 38. The molecular weight excluding hydrogens is 757 g/mol. The Morgan fingerprint density at radius 3 is 1.03 bits per heavy atom. The topological polar surface area (TPSA) is 78.9 Å². The van der Waals surface area contributed by atoms with Crippen molar-refractivity contribution in [3.63, 3.8) is 0 Å². The van der Waals surface area contributed by atoms with Crippen LogP contribution in [0.5, 0.6) is 0 Å². The van der Waals surface area contributed by atoms with Crippen molar-refractivity contribution in [3.05, 3.63) is 158 Å². The zero-order chi connectivity index (χ0) is 44.4. The van der Waals surface area contributed by atoms with E-state index in [4.69, 9.17) is 14.2 Å². The minimum absolute atomic E-state index is 0.0625. The van der Waals surface area contributed by atoms with E-state index in [1.165, 1.54) is 0 Å². The van der Waals surface area contributed by atoms with Crippen LogP contribution in [0.25, 0.3) is 0 Å². The zero-order valence-corrected chi connectivity index (χ0v) is 38.1. The summed E-state index contributed by atoms with van der Waals surface area (Å²) in [6, 6.07) is 0. The molecule has 0 saturated carbocycles. The SMILES string of the molecule is CC/C=C\C/C=C\C/C=C\C/C=C\C/C=C\CC(=O)OCC(COC(=O)CCCCC/C=C\C/C=C\C/C=C\CC)OC(=O)C/C=C\C/C=C\C/C=C\C/C=C\C/C=C\CC. The lowest BCUT2D eigenvalue weighted by Crippen LogP contribution is -2.30. The van der Waals surface area contributed by atoms with Gasteiger partial charge in [-0.1, -0.05) is 185 Å². The van der Waals surface area contributed by atoms with Gasteiger partial charge in [-0.25, -0.2) is 0 Å². The molecule has 0 bridgehead atoms. The Kier molecular flexibility index (Phi) is 43.8. The molecule has 61 heavy (non-hydrogen) atoms. The third-order valence-corrected chi connectivity index (χ3v) is 8.57. The van der Waals surface area contributed by atoms with Gasteiger partial charge in [0, 0.05) is 6.42 Å². The molecule has 0 aromatic carbocycles. The summed E-state index contributed by atoms with van der Waals surface area (Å²) in [6.45, 7) is 6.04. The van der Waals surface area contributed by atoms with Crippen molar-refractivity contribution < 1.29 is 28.6 Å². The highest BCUT2D eigenvalue weighted by Crippen LogP contribution is 2.08. The molecule has 0 aliphatic carbocycles. The summed E-state index contributed by atoms with van der Waals surface area (Å²) in [4.78, 5) is 37.7. The van der Waals surface area contributed by atoms with Gasteiger partial charge < -0.3 is 14.2 Å². The van der Waals surface area contributed by atoms with E-state index in [0.29, 0.717) is 19.3 Å². The van der Waals surface area contributed by atoms with Gasteiger partial charge in [0.2, 0.25) is 0 Å². The molecule has 0 heterocycles. The second-order valence-electron chi connectivity index (χ2n) is 14.2. The van der Waals surface area contributed by atoms with Gasteiger partial charge >= 0.3 is 17.9 Å². The maximum Gasteiger partial charge on any atom is 0.310 e. The molecule has 0 rings (SSSR count). The molecule has 0 amide bonds. The summed E-state index contributed by atoms with van der Waals surface area (Å²) in [5.41, 5.74) is 0. The molecule has 0 N–H and O–H groups in total. The van der Waals surface area contributed by atoms with Crippen LogP contribution in [0.3, 0.4) is 0 Å². The van der Waals surface area contributed by atoms with Crippen LogP contribution >= 0.6 is 0 Å². The zero-order valence-electron chi connectivity index (χ0n) is 38.1. The number of ether oxygens (including phenoxy) is 3. The van der Waals surface area contributed by atoms with Crippen LogP contribution in [0.15, 0.2) is 158 Å². The Hall–Kier alpha value is -4.97. The van der Waals surface area contributed by atoms with E-state index in [9.17, 15) is 14.4 Å². The second kappa shape index (κ2) is 47.7. The average molecular weight is 837 g/mol. The molecule has 0 aromatic heterocycles. The molecule has 0 aliphatic heterocycles. The largest absolute Gasteiger partial charge is 0.462 e. The number of esters is 3. The van der Waals surface area contributed by atoms with E-state index in [-0.39, 0.29) is 38.4 Å². The lowest BCUT2D eigenvalue weighted by Gasteiger charge is -2.17.